The summed E-state index contributed by atoms with van der Waals surface area (Å²) < 4.78 is 0. The van der Waals surface area contributed by atoms with Crippen LogP contribution in [0.15, 0.2) is 0 Å². The molecule has 3 heteroatoms. The molecule has 2 N–H and O–H groups in total. The molecule has 0 bridgehead atoms. The van der Waals surface area contributed by atoms with E-state index in [4.69, 9.17) is 5.73 Å². The van der Waals surface area contributed by atoms with E-state index in [2.05, 4.69) is 37.6 Å². The van der Waals surface area contributed by atoms with Gasteiger partial charge >= 0.3 is 0 Å². The number of hydrogen-bond acceptors (Lipinski definition) is 3. The fourth-order valence-electron chi connectivity index (χ4n) is 3.87. The van der Waals surface area contributed by atoms with Crippen LogP contribution in [0, 0.1) is 11.8 Å². The summed E-state index contributed by atoms with van der Waals surface area (Å²) in [6.07, 6.45) is 2.55. The smallest absolute Gasteiger partial charge is 0.0274 e. The van der Waals surface area contributed by atoms with Crippen molar-refractivity contribution in [2.75, 3.05) is 26.7 Å². The first-order chi connectivity index (χ1) is 7.99. The molecule has 5 atom stereocenters. The van der Waals surface area contributed by atoms with E-state index < -0.39 is 0 Å². The molecule has 0 spiro atoms. The largest absolute Gasteiger partial charge is 0.326 e. The average molecular weight is 239 g/mol. The van der Waals surface area contributed by atoms with Crippen LogP contribution in [0.1, 0.15) is 33.6 Å². The molecule has 2 fully saturated rings. The fraction of sp³-hybridized carbons (Fsp3) is 1.00. The maximum atomic E-state index is 6.42. The summed E-state index contributed by atoms with van der Waals surface area (Å²) in [7, 11) is 2.23. The first kappa shape index (κ1) is 13.3. The molecule has 2 rings (SSSR count). The van der Waals surface area contributed by atoms with Gasteiger partial charge in [0.25, 0.3) is 0 Å². The lowest BCUT2D eigenvalue weighted by Gasteiger charge is -2.48. The Balaban J connectivity index is 2.01. The van der Waals surface area contributed by atoms with Gasteiger partial charge in [0.05, 0.1) is 0 Å². The lowest BCUT2D eigenvalue weighted by atomic mass is 9.76. The lowest BCUT2D eigenvalue weighted by Crippen LogP contribution is -2.61. The van der Waals surface area contributed by atoms with Gasteiger partial charge in [-0.25, -0.2) is 0 Å². The molecule has 0 aromatic carbocycles. The van der Waals surface area contributed by atoms with Crippen molar-refractivity contribution in [1.29, 1.82) is 0 Å². The van der Waals surface area contributed by atoms with Crippen molar-refractivity contribution in [3.63, 3.8) is 0 Å². The Bertz CT molecular complexity index is 244. The van der Waals surface area contributed by atoms with Crippen LogP contribution in [0.5, 0.6) is 0 Å². The summed E-state index contributed by atoms with van der Waals surface area (Å²) >= 11 is 0. The van der Waals surface area contributed by atoms with E-state index in [0.29, 0.717) is 18.1 Å². The van der Waals surface area contributed by atoms with E-state index in [9.17, 15) is 0 Å². The highest BCUT2D eigenvalue weighted by Crippen LogP contribution is 2.32. The molecule has 100 valence electrons. The summed E-state index contributed by atoms with van der Waals surface area (Å²) in [5.74, 6) is 1.56. The maximum absolute atomic E-state index is 6.42. The Kier molecular flexibility index (Phi) is 4.11. The average Bonchev–Trinajstić information content (AvgIpc) is 2.21. The molecule has 1 aliphatic heterocycles. The molecule has 0 aromatic heterocycles. The molecule has 1 saturated heterocycles. The maximum Gasteiger partial charge on any atom is 0.0274 e. The van der Waals surface area contributed by atoms with Gasteiger partial charge in [-0.1, -0.05) is 13.8 Å². The lowest BCUT2D eigenvalue weighted by molar-refractivity contribution is 0.0180. The van der Waals surface area contributed by atoms with Crippen LogP contribution >= 0.6 is 0 Å². The molecule has 1 saturated carbocycles. The first-order valence-electron chi connectivity index (χ1n) is 7.19. The number of nitrogens with zero attached hydrogens (tertiary/aromatic N) is 2. The number of nitrogens with two attached hydrogens (primary N) is 1. The second-order valence-electron chi connectivity index (χ2n) is 6.53. The number of piperazine rings is 1. The van der Waals surface area contributed by atoms with Crippen molar-refractivity contribution >= 4 is 0 Å². The zero-order chi connectivity index (χ0) is 12.6. The van der Waals surface area contributed by atoms with E-state index in [1.54, 1.807) is 0 Å². The summed E-state index contributed by atoms with van der Waals surface area (Å²) in [4.78, 5) is 5.12. The molecule has 5 unspecified atom stereocenters. The minimum Gasteiger partial charge on any atom is -0.326 e. The van der Waals surface area contributed by atoms with Gasteiger partial charge in [-0.3, -0.25) is 4.90 Å². The zero-order valence-electron chi connectivity index (χ0n) is 11.9. The number of rotatable bonds is 1. The number of likely N-dealkylation sites (N-methyl/N-ethyl adjacent to an activating group) is 1. The third-order valence-corrected chi connectivity index (χ3v) is 4.88. The van der Waals surface area contributed by atoms with Crippen LogP contribution in [0.2, 0.25) is 0 Å². The molecule has 1 heterocycles. The van der Waals surface area contributed by atoms with Gasteiger partial charge in [0.1, 0.15) is 0 Å². The van der Waals surface area contributed by atoms with Gasteiger partial charge in [0.15, 0.2) is 0 Å². The standard InChI is InChI=1S/C14H29N3/c1-10-7-11(2)14(13(15)8-10)17-6-5-16(4)12(3)9-17/h10-14H,5-9,15H2,1-4H3. The Labute approximate surface area is 106 Å². The molecular weight excluding hydrogens is 210 g/mol. The zero-order valence-corrected chi connectivity index (χ0v) is 11.9. The minimum absolute atomic E-state index is 0.379. The SMILES string of the molecule is CC1CC(C)C(N2CCN(C)C(C)C2)C(N)C1. The highest BCUT2D eigenvalue weighted by atomic mass is 15.3. The van der Waals surface area contributed by atoms with Crippen LogP contribution in [0.3, 0.4) is 0 Å². The molecule has 17 heavy (non-hydrogen) atoms. The van der Waals surface area contributed by atoms with Crippen molar-refractivity contribution in [2.24, 2.45) is 17.6 Å². The van der Waals surface area contributed by atoms with Gasteiger partial charge in [0, 0.05) is 37.8 Å². The predicted octanol–water partition coefficient (Wildman–Crippen LogP) is 1.38. The van der Waals surface area contributed by atoms with Gasteiger partial charge in [0.2, 0.25) is 0 Å². The van der Waals surface area contributed by atoms with Gasteiger partial charge in [-0.15, -0.1) is 0 Å². The Morgan fingerprint density at radius 2 is 1.76 bits per heavy atom. The monoisotopic (exact) mass is 239 g/mol. The molecule has 2 aliphatic rings. The van der Waals surface area contributed by atoms with Crippen molar-refractivity contribution in [3.05, 3.63) is 0 Å². The molecule has 0 aromatic rings. The van der Waals surface area contributed by atoms with Crippen LogP contribution in [-0.2, 0) is 0 Å². The highest BCUT2D eigenvalue weighted by molar-refractivity contribution is 4.94. The van der Waals surface area contributed by atoms with E-state index in [0.717, 1.165) is 11.8 Å². The molecule has 0 radical (unpaired) electrons. The van der Waals surface area contributed by atoms with Gasteiger partial charge < -0.3 is 10.6 Å². The highest BCUT2D eigenvalue weighted by Gasteiger charge is 2.37. The van der Waals surface area contributed by atoms with E-state index >= 15 is 0 Å². The van der Waals surface area contributed by atoms with Crippen molar-refractivity contribution < 1.29 is 0 Å². The van der Waals surface area contributed by atoms with Crippen LogP contribution < -0.4 is 5.73 Å². The summed E-state index contributed by atoms with van der Waals surface area (Å²) in [5.41, 5.74) is 6.42. The van der Waals surface area contributed by atoms with Crippen molar-refractivity contribution in [1.82, 2.24) is 9.80 Å². The van der Waals surface area contributed by atoms with Crippen LogP contribution in [0.4, 0.5) is 0 Å². The minimum atomic E-state index is 0.379. The van der Waals surface area contributed by atoms with E-state index in [-0.39, 0.29) is 0 Å². The number of hydrogen-bond donors (Lipinski definition) is 1. The van der Waals surface area contributed by atoms with Crippen molar-refractivity contribution in [3.8, 4) is 0 Å². The predicted molar refractivity (Wildman–Crippen MR) is 73.0 cm³/mol. The first-order valence-corrected chi connectivity index (χ1v) is 7.19. The van der Waals surface area contributed by atoms with E-state index in [1.807, 2.05) is 0 Å². The normalized spacial score (nSPS) is 46.1. The third-order valence-electron chi connectivity index (χ3n) is 4.88. The second-order valence-corrected chi connectivity index (χ2v) is 6.53. The summed E-state index contributed by atoms with van der Waals surface area (Å²) in [6, 6.07) is 1.66. The molecule has 1 aliphatic carbocycles. The quantitative estimate of drug-likeness (QED) is 0.750. The topological polar surface area (TPSA) is 32.5 Å². The summed E-state index contributed by atoms with van der Waals surface area (Å²) in [5, 5.41) is 0. The van der Waals surface area contributed by atoms with E-state index in [1.165, 1.54) is 32.5 Å². The molecule has 3 nitrogen and oxygen atoms in total. The molecular formula is C14H29N3. The Morgan fingerprint density at radius 1 is 1.06 bits per heavy atom. The Hall–Kier alpha value is -0.120. The fourth-order valence-corrected chi connectivity index (χ4v) is 3.87. The second kappa shape index (κ2) is 5.25. The van der Waals surface area contributed by atoms with Crippen molar-refractivity contribution in [2.45, 2.75) is 51.7 Å². The van der Waals surface area contributed by atoms with Crippen LogP contribution in [-0.4, -0.2) is 54.6 Å². The Morgan fingerprint density at radius 3 is 2.35 bits per heavy atom. The third kappa shape index (κ3) is 2.83. The molecule has 0 amide bonds. The van der Waals surface area contributed by atoms with Gasteiger partial charge in [-0.2, -0.15) is 0 Å². The van der Waals surface area contributed by atoms with Gasteiger partial charge in [-0.05, 0) is 38.6 Å². The summed E-state index contributed by atoms with van der Waals surface area (Å²) in [6.45, 7) is 10.6. The van der Waals surface area contributed by atoms with Crippen LogP contribution in [0.25, 0.3) is 0 Å².